The van der Waals surface area contributed by atoms with Crippen LogP contribution in [0.4, 0.5) is 0 Å². The standard InChI is InChI=1S/C17H23NO6S/c1-12(2)13-3-5-15(6-4-13)23-10-17(20)24-9-16(19)18-14-7-8-25(21,22)11-14/h3-6,12,14H,7-11H2,1-2H3,(H,18,19)/t14-/m0/s1. The molecule has 0 unspecified atom stereocenters. The lowest BCUT2D eigenvalue weighted by Crippen LogP contribution is -2.38. The lowest BCUT2D eigenvalue weighted by Gasteiger charge is -2.11. The SMILES string of the molecule is CC(C)c1ccc(OCC(=O)OCC(=O)N[C@H]2CCS(=O)(=O)C2)cc1. The van der Waals surface area contributed by atoms with E-state index in [9.17, 15) is 18.0 Å². The molecule has 1 saturated heterocycles. The molecule has 1 aliphatic rings. The van der Waals surface area contributed by atoms with Gasteiger partial charge < -0.3 is 14.8 Å². The van der Waals surface area contributed by atoms with Gasteiger partial charge >= 0.3 is 5.97 Å². The van der Waals surface area contributed by atoms with Crippen LogP contribution in [0.3, 0.4) is 0 Å². The number of benzene rings is 1. The molecule has 1 aromatic carbocycles. The maximum Gasteiger partial charge on any atom is 0.344 e. The van der Waals surface area contributed by atoms with Crippen molar-refractivity contribution in [2.75, 3.05) is 24.7 Å². The van der Waals surface area contributed by atoms with Gasteiger partial charge in [-0.25, -0.2) is 13.2 Å². The molecule has 0 aromatic heterocycles. The molecule has 1 aromatic rings. The van der Waals surface area contributed by atoms with Crippen LogP contribution in [0.2, 0.25) is 0 Å². The summed E-state index contributed by atoms with van der Waals surface area (Å²) in [7, 11) is -3.06. The fraction of sp³-hybridized carbons (Fsp3) is 0.529. The third kappa shape index (κ3) is 6.38. The van der Waals surface area contributed by atoms with E-state index in [1.165, 1.54) is 5.56 Å². The second-order valence-corrected chi connectivity index (χ2v) is 8.57. The quantitative estimate of drug-likeness (QED) is 0.721. The first-order valence-electron chi connectivity index (χ1n) is 8.13. The zero-order valence-electron chi connectivity index (χ0n) is 14.4. The summed E-state index contributed by atoms with van der Waals surface area (Å²) in [4.78, 5) is 23.3. The monoisotopic (exact) mass is 369 g/mol. The molecule has 0 spiro atoms. The van der Waals surface area contributed by atoms with Crippen LogP contribution in [-0.4, -0.2) is 51.1 Å². The van der Waals surface area contributed by atoms with Crippen molar-refractivity contribution in [3.63, 3.8) is 0 Å². The second-order valence-electron chi connectivity index (χ2n) is 6.34. The van der Waals surface area contributed by atoms with Crippen molar-refractivity contribution in [3.05, 3.63) is 29.8 Å². The Bertz CT molecular complexity index is 711. The highest BCUT2D eigenvalue weighted by Gasteiger charge is 2.29. The molecular formula is C17H23NO6S. The summed E-state index contributed by atoms with van der Waals surface area (Å²) in [6, 6.07) is 6.99. The van der Waals surface area contributed by atoms with Crippen molar-refractivity contribution >= 4 is 21.7 Å². The maximum absolute atomic E-state index is 11.7. The molecule has 1 fully saturated rings. The summed E-state index contributed by atoms with van der Waals surface area (Å²) >= 11 is 0. The Kier molecular flexibility index (Phi) is 6.41. The van der Waals surface area contributed by atoms with E-state index in [4.69, 9.17) is 9.47 Å². The predicted octanol–water partition coefficient (Wildman–Crippen LogP) is 1.04. The van der Waals surface area contributed by atoms with Gasteiger partial charge in [-0.15, -0.1) is 0 Å². The highest BCUT2D eigenvalue weighted by molar-refractivity contribution is 7.91. The molecule has 0 bridgehead atoms. The fourth-order valence-corrected chi connectivity index (χ4v) is 4.13. The summed E-state index contributed by atoms with van der Waals surface area (Å²) in [5.74, 6) is -0.225. The first-order valence-corrected chi connectivity index (χ1v) is 9.95. The van der Waals surface area contributed by atoms with E-state index in [-0.39, 0.29) is 18.1 Å². The largest absolute Gasteiger partial charge is 0.482 e. The van der Waals surface area contributed by atoms with E-state index in [1.54, 1.807) is 12.1 Å². The van der Waals surface area contributed by atoms with Crippen LogP contribution in [0.25, 0.3) is 0 Å². The minimum Gasteiger partial charge on any atom is -0.482 e. The van der Waals surface area contributed by atoms with Crippen molar-refractivity contribution < 1.29 is 27.5 Å². The molecule has 1 atom stereocenters. The average Bonchev–Trinajstić information content (AvgIpc) is 2.90. The van der Waals surface area contributed by atoms with Crippen molar-refractivity contribution in [3.8, 4) is 5.75 Å². The molecule has 7 nitrogen and oxygen atoms in total. The zero-order chi connectivity index (χ0) is 18.4. The van der Waals surface area contributed by atoms with E-state index >= 15 is 0 Å². The molecule has 0 aliphatic carbocycles. The Labute approximate surface area is 147 Å². The highest BCUT2D eigenvalue weighted by atomic mass is 32.2. The van der Waals surface area contributed by atoms with E-state index in [0.29, 0.717) is 18.1 Å². The zero-order valence-corrected chi connectivity index (χ0v) is 15.2. The summed E-state index contributed by atoms with van der Waals surface area (Å²) in [5.41, 5.74) is 1.17. The van der Waals surface area contributed by atoms with Crippen LogP contribution in [-0.2, 0) is 24.2 Å². The predicted molar refractivity (Wildman–Crippen MR) is 92.2 cm³/mol. The number of amides is 1. The molecule has 0 radical (unpaired) electrons. The van der Waals surface area contributed by atoms with Gasteiger partial charge in [0.05, 0.1) is 11.5 Å². The molecule has 138 valence electrons. The third-order valence-corrected chi connectivity index (χ3v) is 5.63. The van der Waals surface area contributed by atoms with Crippen LogP contribution in [0.5, 0.6) is 5.75 Å². The maximum atomic E-state index is 11.7. The Hall–Kier alpha value is -2.09. The van der Waals surface area contributed by atoms with Gasteiger partial charge in [-0.3, -0.25) is 4.79 Å². The number of sulfone groups is 1. The number of esters is 1. The second kappa shape index (κ2) is 8.33. The van der Waals surface area contributed by atoms with Gasteiger partial charge in [0.2, 0.25) is 0 Å². The molecule has 25 heavy (non-hydrogen) atoms. The van der Waals surface area contributed by atoms with E-state index in [0.717, 1.165) is 0 Å². The minimum atomic E-state index is -3.06. The fourth-order valence-electron chi connectivity index (χ4n) is 2.46. The Morgan fingerprint density at radius 3 is 2.44 bits per heavy atom. The van der Waals surface area contributed by atoms with Crippen molar-refractivity contribution in [2.45, 2.75) is 32.2 Å². The summed E-state index contributed by atoms with van der Waals surface area (Å²) in [6.07, 6.45) is 0.386. The van der Waals surface area contributed by atoms with E-state index < -0.39 is 34.4 Å². The molecule has 2 rings (SSSR count). The summed E-state index contributed by atoms with van der Waals surface area (Å²) in [5, 5.41) is 2.54. The van der Waals surface area contributed by atoms with Crippen LogP contribution in [0.1, 0.15) is 31.7 Å². The number of carbonyl (C=O) groups excluding carboxylic acids is 2. The lowest BCUT2D eigenvalue weighted by molar-refractivity contribution is -0.150. The number of hydrogen-bond donors (Lipinski definition) is 1. The molecular weight excluding hydrogens is 346 g/mol. The van der Waals surface area contributed by atoms with Gasteiger partial charge in [-0.1, -0.05) is 26.0 Å². The van der Waals surface area contributed by atoms with Crippen LogP contribution in [0.15, 0.2) is 24.3 Å². The van der Waals surface area contributed by atoms with Gasteiger partial charge in [0, 0.05) is 6.04 Å². The van der Waals surface area contributed by atoms with Crippen molar-refractivity contribution in [2.24, 2.45) is 0 Å². The Balaban J connectivity index is 1.67. The van der Waals surface area contributed by atoms with Crippen LogP contribution >= 0.6 is 0 Å². The lowest BCUT2D eigenvalue weighted by atomic mass is 10.0. The number of carbonyl (C=O) groups is 2. The van der Waals surface area contributed by atoms with Gasteiger partial charge in [-0.05, 0) is 30.0 Å². The highest BCUT2D eigenvalue weighted by Crippen LogP contribution is 2.18. The van der Waals surface area contributed by atoms with Crippen molar-refractivity contribution in [1.82, 2.24) is 5.32 Å². The minimum absolute atomic E-state index is 0.0673. The topological polar surface area (TPSA) is 98.8 Å². The number of nitrogens with one attached hydrogen (secondary N) is 1. The molecule has 1 aliphatic heterocycles. The first kappa shape index (κ1) is 19.2. The molecule has 1 heterocycles. The molecule has 1 amide bonds. The van der Waals surface area contributed by atoms with Crippen LogP contribution < -0.4 is 10.1 Å². The Morgan fingerprint density at radius 1 is 1.20 bits per heavy atom. The van der Waals surface area contributed by atoms with E-state index in [1.807, 2.05) is 12.1 Å². The smallest absolute Gasteiger partial charge is 0.344 e. The average molecular weight is 369 g/mol. The molecule has 1 N–H and O–H groups in total. The number of ether oxygens (including phenoxy) is 2. The number of rotatable bonds is 7. The van der Waals surface area contributed by atoms with Gasteiger partial charge in [-0.2, -0.15) is 0 Å². The first-order chi connectivity index (χ1) is 11.7. The third-order valence-electron chi connectivity index (χ3n) is 3.87. The van der Waals surface area contributed by atoms with Gasteiger partial charge in [0.25, 0.3) is 5.91 Å². The van der Waals surface area contributed by atoms with Crippen molar-refractivity contribution in [1.29, 1.82) is 0 Å². The number of hydrogen-bond acceptors (Lipinski definition) is 6. The molecule has 0 saturated carbocycles. The normalized spacial score (nSPS) is 18.8. The molecule has 8 heteroatoms. The summed E-state index contributed by atoms with van der Waals surface area (Å²) in [6.45, 7) is 3.41. The van der Waals surface area contributed by atoms with Crippen LogP contribution in [0, 0.1) is 0 Å². The summed E-state index contributed by atoms with van der Waals surface area (Å²) < 4.78 is 32.8. The van der Waals surface area contributed by atoms with Gasteiger partial charge in [0.15, 0.2) is 23.1 Å². The Morgan fingerprint density at radius 2 is 1.88 bits per heavy atom. The van der Waals surface area contributed by atoms with E-state index in [2.05, 4.69) is 19.2 Å². The van der Waals surface area contributed by atoms with Gasteiger partial charge in [0.1, 0.15) is 5.75 Å².